The Hall–Kier alpha value is -4.60. The average molecular weight is 501 g/mol. The summed E-state index contributed by atoms with van der Waals surface area (Å²) in [5, 5.41) is 13.1. The first-order valence-corrected chi connectivity index (χ1v) is 11.7. The van der Waals surface area contributed by atoms with Crippen LogP contribution in [0.1, 0.15) is 11.4 Å². The summed E-state index contributed by atoms with van der Waals surface area (Å²) in [6, 6.07) is 18.4. The minimum Gasteiger partial charge on any atom is -0.497 e. The van der Waals surface area contributed by atoms with Gasteiger partial charge in [0.1, 0.15) is 23.5 Å². The van der Waals surface area contributed by atoms with Crippen molar-refractivity contribution in [2.45, 2.75) is 19.1 Å². The number of hydrogen-bond donors (Lipinski definition) is 0. The molecule has 3 aromatic heterocycles. The van der Waals surface area contributed by atoms with Crippen molar-refractivity contribution < 1.29 is 18.3 Å². The fourth-order valence-corrected chi connectivity index (χ4v) is 4.48. The van der Waals surface area contributed by atoms with Crippen LogP contribution in [0.3, 0.4) is 0 Å². The van der Waals surface area contributed by atoms with E-state index in [0.29, 0.717) is 48.0 Å². The molecule has 1 atom stereocenters. The number of nitrogens with zero attached hydrogens (tertiary/aromatic N) is 6. The second-order valence-corrected chi connectivity index (χ2v) is 8.76. The highest BCUT2D eigenvalue weighted by molar-refractivity contribution is 5.60. The van der Waals surface area contributed by atoms with Crippen LogP contribution in [0.5, 0.6) is 11.5 Å². The zero-order valence-corrected chi connectivity index (χ0v) is 19.9. The Morgan fingerprint density at radius 1 is 1.00 bits per heavy atom. The molecule has 0 saturated heterocycles. The van der Waals surface area contributed by atoms with Crippen LogP contribution in [0.15, 0.2) is 72.9 Å². The van der Waals surface area contributed by atoms with Gasteiger partial charge in [0.2, 0.25) is 0 Å². The van der Waals surface area contributed by atoms with Crippen LogP contribution in [0.4, 0.5) is 14.6 Å². The molecule has 186 valence electrons. The molecule has 0 saturated carbocycles. The molecular weight excluding hydrogens is 478 g/mol. The van der Waals surface area contributed by atoms with Crippen molar-refractivity contribution in [2.75, 3.05) is 18.6 Å². The van der Waals surface area contributed by atoms with Gasteiger partial charge in [-0.3, -0.25) is 0 Å². The molecule has 8 nitrogen and oxygen atoms in total. The molecule has 1 unspecified atom stereocenters. The van der Waals surface area contributed by atoms with E-state index in [2.05, 4.69) is 25.2 Å². The van der Waals surface area contributed by atoms with E-state index in [1.54, 1.807) is 30.0 Å². The summed E-state index contributed by atoms with van der Waals surface area (Å²) in [6.07, 6.45) is 1.91. The molecule has 5 aromatic rings. The second-order valence-electron chi connectivity index (χ2n) is 8.76. The number of hydrogen-bond acceptors (Lipinski definition) is 7. The molecule has 0 aliphatic carbocycles. The topological polar surface area (TPSA) is 77.7 Å². The lowest BCUT2D eigenvalue weighted by Gasteiger charge is -2.35. The van der Waals surface area contributed by atoms with E-state index in [-0.39, 0.29) is 6.10 Å². The van der Waals surface area contributed by atoms with Crippen LogP contribution < -0.4 is 14.4 Å². The fourth-order valence-electron chi connectivity index (χ4n) is 4.48. The Morgan fingerprint density at radius 2 is 1.81 bits per heavy atom. The van der Waals surface area contributed by atoms with E-state index in [0.717, 1.165) is 23.2 Å². The van der Waals surface area contributed by atoms with E-state index in [4.69, 9.17) is 9.47 Å². The van der Waals surface area contributed by atoms with E-state index in [1.165, 1.54) is 12.1 Å². The van der Waals surface area contributed by atoms with Gasteiger partial charge in [0.15, 0.2) is 23.0 Å². The Kier molecular flexibility index (Phi) is 5.84. The summed E-state index contributed by atoms with van der Waals surface area (Å²) in [5.41, 5.74) is 2.38. The first-order valence-electron chi connectivity index (χ1n) is 11.7. The summed E-state index contributed by atoms with van der Waals surface area (Å²) >= 11 is 0. The number of ether oxygens (including phenoxy) is 2. The van der Waals surface area contributed by atoms with Crippen LogP contribution in [0.2, 0.25) is 0 Å². The standard InChI is InChI=1S/C27H22F2N6O2/c1-36-21-6-4-17(5-7-21)15-34-16-22(37-24-3-2-10-30-27(24)34)14-26-32-31-25-9-8-23(33-35(25)26)18-11-19(28)13-20(29)12-18/h2-13,22H,14-16H2,1H3. The van der Waals surface area contributed by atoms with E-state index < -0.39 is 11.6 Å². The molecule has 10 heteroatoms. The Labute approximate surface area is 211 Å². The van der Waals surface area contributed by atoms with Crippen molar-refractivity contribution in [2.24, 2.45) is 0 Å². The highest BCUT2D eigenvalue weighted by atomic mass is 19.1. The van der Waals surface area contributed by atoms with E-state index >= 15 is 0 Å². The molecule has 0 fully saturated rings. The van der Waals surface area contributed by atoms with Crippen molar-refractivity contribution in [1.82, 2.24) is 24.8 Å². The van der Waals surface area contributed by atoms with Crippen LogP contribution in [-0.4, -0.2) is 44.6 Å². The summed E-state index contributed by atoms with van der Waals surface area (Å²) < 4.78 is 40.7. The highest BCUT2D eigenvalue weighted by Crippen LogP contribution is 2.33. The maximum atomic E-state index is 13.8. The summed E-state index contributed by atoms with van der Waals surface area (Å²) in [7, 11) is 1.64. The average Bonchev–Trinajstić information content (AvgIpc) is 3.30. The number of pyridine rings is 1. The Morgan fingerprint density at radius 3 is 2.59 bits per heavy atom. The number of anilines is 1. The molecule has 0 spiro atoms. The highest BCUT2D eigenvalue weighted by Gasteiger charge is 2.28. The first kappa shape index (κ1) is 22.8. The minimum absolute atomic E-state index is 0.251. The lowest BCUT2D eigenvalue weighted by molar-refractivity contribution is 0.188. The van der Waals surface area contributed by atoms with E-state index in [9.17, 15) is 8.78 Å². The lowest BCUT2D eigenvalue weighted by atomic mass is 10.1. The van der Waals surface area contributed by atoms with Gasteiger partial charge in [0.05, 0.1) is 19.3 Å². The van der Waals surface area contributed by atoms with Crippen molar-refractivity contribution in [1.29, 1.82) is 0 Å². The van der Waals surface area contributed by atoms with Gasteiger partial charge in [-0.25, -0.2) is 13.8 Å². The predicted molar refractivity (Wildman–Crippen MR) is 133 cm³/mol. The van der Waals surface area contributed by atoms with Crippen LogP contribution in [0.25, 0.3) is 16.9 Å². The van der Waals surface area contributed by atoms with Crippen molar-refractivity contribution in [3.63, 3.8) is 0 Å². The third-order valence-corrected chi connectivity index (χ3v) is 6.20. The van der Waals surface area contributed by atoms with Crippen molar-refractivity contribution >= 4 is 11.5 Å². The molecule has 4 heterocycles. The van der Waals surface area contributed by atoms with Crippen LogP contribution in [0, 0.1) is 11.6 Å². The van der Waals surface area contributed by atoms with Crippen molar-refractivity contribution in [3.05, 3.63) is 95.9 Å². The molecule has 1 aliphatic rings. The molecule has 0 bridgehead atoms. The number of aromatic nitrogens is 5. The van der Waals surface area contributed by atoms with Gasteiger partial charge in [-0.15, -0.1) is 10.2 Å². The maximum Gasteiger partial charge on any atom is 0.177 e. The summed E-state index contributed by atoms with van der Waals surface area (Å²) in [6.45, 7) is 1.21. The van der Waals surface area contributed by atoms with Gasteiger partial charge in [-0.1, -0.05) is 12.1 Å². The van der Waals surface area contributed by atoms with Gasteiger partial charge >= 0.3 is 0 Å². The fraction of sp³-hybridized carbons (Fsp3) is 0.185. The van der Waals surface area contributed by atoms with Crippen LogP contribution in [-0.2, 0) is 13.0 Å². The lowest BCUT2D eigenvalue weighted by Crippen LogP contribution is -2.41. The monoisotopic (exact) mass is 500 g/mol. The van der Waals surface area contributed by atoms with Gasteiger partial charge in [0.25, 0.3) is 0 Å². The van der Waals surface area contributed by atoms with Crippen LogP contribution >= 0.6 is 0 Å². The predicted octanol–water partition coefficient (Wildman–Crippen LogP) is 4.48. The molecule has 0 amide bonds. The van der Waals surface area contributed by atoms with Gasteiger partial charge < -0.3 is 14.4 Å². The number of halogens is 2. The number of benzene rings is 2. The first-order chi connectivity index (χ1) is 18.1. The van der Waals surface area contributed by atoms with Gasteiger partial charge in [-0.05, 0) is 54.1 Å². The van der Waals surface area contributed by atoms with Gasteiger partial charge in [0, 0.05) is 30.8 Å². The zero-order valence-electron chi connectivity index (χ0n) is 19.9. The third kappa shape index (κ3) is 4.65. The molecule has 37 heavy (non-hydrogen) atoms. The Bertz CT molecular complexity index is 1550. The minimum atomic E-state index is -0.666. The summed E-state index contributed by atoms with van der Waals surface area (Å²) in [4.78, 5) is 6.71. The van der Waals surface area contributed by atoms with Crippen molar-refractivity contribution in [3.8, 4) is 22.8 Å². The third-order valence-electron chi connectivity index (χ3n) is 6.20. The number of rotatable bonds is 6. The quantitative estimate of drug-likeness (QED) is 0.340. The largest absolute Gasteiger partial charge is 0.497 e. The number of methoxy groups -OCH3 is 1. The molecule has 2 aromatic carbocycles. The molecule has 1 aliphatic heterocycles. The zero-order chi connectivity index (χ0) is 25.4. The normalized spacial score (nSPS) is 14.9. The summed E-state index contributed by atoms with van der Waals surface area (Å²) in [5.74, 6) is 1.50. The maximum absolute atomic E-state index is 13.8. The molecule has 6 rings (SSSR count). The molecule has 0 radical (unpaired) electrons. The second kappa shape index (κ2) is 9.45. The van der Waals surface area contributed by atoms with E-state index in [1.807, 2.05) is 36.4 Å². The number of fused-ring (bicyclic) bond motifs is 2. The van der Waals surface area contributed by atoms with Gasteiger partial charge in [-0.2, -0.15) is 9.61 Å². The molecule has 0 N–H and O–H groups in total. The molecular formula is C27H22F2N6O2. The SMILES string of the molecule is COc1ccc(CN2CC(Cc3nnc4ccc(-c5cc(F)cc(F)c5)nn34)Oc3cccnc32)cc1. The Balaban J connectivity index is 1.28. The smallest absolute Gasteiger partial charge is 0.177 e.